The molecule has 144 valence electrons. The van der Waals surface area contributed by atoms with E-state index in [4.69, 9.17) is 32.8 Å². The van der Waals surface area contributed by atoms with Gasteiger partial charge in [0.1, 0.15) is 17.1 Å². The van der Waals surface area contributed by atoms with Crippen LogP contribution in [0.5, 0.6) is 11.5 Å². The van der Waals surface area contributed by atoms with Crippen LogP contribution in [0.2, 0.25) is 10.0 Å². The molecular formula is C21H11Cl2NO5. The first-order chi connectivity index (χ1) is 13.9. The first-order valence-electron chi connectivity index (χ1n) is 8.37. The Bertz CT molecular complexity index is 1130. The fourth-order valence-electron chi connectivity index (χ4n) is 2.79. The van der Waals surface area contributed by atoms with Gasteiger partial charge in [-0.1, -0.05) is 46.5 Å². The molecule has 1 aliphatic heterocycles. The van der Waals surface area contributed by atoms with E-state index < -0.39 is 17.8 Å². The van der Waals surface area contributed by atoms with Crippen LogP contribution >= 0.6 is 23.2 Å². The molecule has 3 aromatic rings. The number of fused-ring (bicyclic) bond motifs is 1. The number of hydrogen-bond acceptors (Lipinski definition) is 5. The Morgan fingerprint density at radius 1 is 0.793 bits per heavy atom. The molecule has 29 heavy (non-hydrogen) atoms. The minimum atomic E-state index is -0.973. The summed E-state index contributed by atoms with van der Waals surface area (Å²) in [4.78, 5) is 42.7. The first kappa shape index (κ1) is 19.0. The van der Waals surface area contributed by atoms with Crippen molar-refractivity contribution in [1.29, 1.82) is 0 Å². The number of hydroxylamine groups is 2. The molecule has 0 aliphatic carbocycles. The Kier molecular flexibility index (Phi) is 4.96. The van der Waals surface area contributed by atoms with Crippen LogP contribution < -0.4 is 4.74 Å². The van der Waals surface area contributed by atoms with Crippen molar-refractivity contribution in [3.8, 4) is 11.5 Å². The Morgan fingerprint density at radius 3 is 2.10 bits per heavy atom. The second-order valence-electron chi connectivity index (χ2n) is 6.03. The highest BCUT2D eigenvalue weighted by atomic mass is 35.5. The summed E-state index contributed by atoms with van der Waals surface area (Å²) in [6.45, 7) is 0. The average Bonchev–Trinajstić information content (AvgIpc) is 2.94. The van der Waals surface area contributed by atoms with Crippen LogP contribution in [-0.4, -0.2) is 22.8 Å². The van der Waals surface area contributed by atoms with E-state index in [-0.39, 0.29) is 27.5 Å². The highest BCUT2D eigenvalue weighted by Gasteiger charge is 2.39. The van der Waals surface area contributed by atoms with E-state index >= 15 is 0 Å². The number of carbonyl (C=O) groups excluding carboxylic acids is 3. The van der Waals surface area contributed by atoms with E-state index in [9.17, 15) is 14.4 Å². The number of hydrogen-bond donors (Lipinski definition) is 0. The van der Waals surface area contributed by atoms with Gasteiger partial charge in [-0.3, -0.25) is 9.59 Å². The first-order valence-corrected chi connectivity index (χ1v) is 9.13. The van der Waals surface area contributed by atoms with Crippen LogP contribution in [0.15, 0.2) is 66.7 Å². The van der Waals surface area contributed by atoms with Gasteiger partial charge in [-0.15, -0.1) is 0 Å². The van der Waals surface area contributed by atoms with Crippen molar-refractivity contribution in [2.24, 2.45) is 0 Å². The van der Waals surface area contributed by atoms with Gasteiger partial charge in [0.05, 0.1) is 11.1 Å². The second kappa shape index (κ2) is 7.58. The number of rotatable bonds is 4. The summed E-state index contributed by atoms with van der Waals surface area (Å²) >= 11 is 12.0. The van der Waals surface area contributed by atoms with Gasteiger partial charge < -0.3 is 9.57 Å². The average molecular weight is 428 g/mol. The number of carbonyl (C=O) groups is 3. The summed E-state index contributed by atoms with van der Waals surface area (Å²) < 4.78 is 5.71. The van der Waals surface area contributed by atoms with E-state index in [1.807, 2.05) is 0 Å². The molecule has 0 fully saturated rings. The van der Waals surface area contributed by atoms with Crippen molar-refractivity contribution in [1.82, 2.24) is 5.06 Å². The second-order valence-corrected chi connectivity index (χ2v) is 6.90. The monoisotopic (exact) mass is 427 g/mol. The zero-order valence-corrected chi connectivity index (χ0v) is 16.1. The van der Waals surface area contributed by atoms with Crippen molar-refractivity contribution >= 4 is 41.0 Å². The van der Waals surface area contributed by atoms with Crippen LogP contribution in [0.25, 0.3) is 0 Å². The molecule has 0 spiro atoms. The number of benzene rings is 3. The highest BCUT2D eigenvalue weighted by Crippen LogP contribution is 2.31. The van der Waals surface area contributed by atoms with Crippen LogP contribution in [0.4, 0.5) is 0 Å². The zero-order chi connectivity index (χ0) is 20.5. The van der Waals surface area contributed by atoms with Crippen molar-refractivity contribution in [3.05, 3.63) is 93.5 Å². The Labute approximate surface area is 175 Å². The minimum Gasteiger partial charge on any atom is -0.456 e. The van der Waals surface area contributed by atoms with Crippen LogP contribution in [-0.2, 0) is 4.84 Å². The van der Waals surface area contributed by atoms with Gasteiger partial charge in [-0.25, -0.2) is 4.79 Å². The zero-order valence-electron chi connectivity index (χ0n) is 14.6. The standard InChI is InChI=1S/C21H11Cl2NO5/c22-12-4-3-5-14(10-12)28-18-9-8-13(23)11-17(18)21(27)29-24-19(25)15-6-1-2-7-16(15)20(24)26/h1-11H. The third-order valence-electron chi connectivity index (χ3n) is 4.12. The fraction of sp³-hybridized carbons (Fsp3) is 0. The summed E-state index contributed by atoms with van der Waals surface area (Å²) in [6.07, 6.45) is 0. The van der Waals surface area contributed by atoms with Crippen LogP contribution in [0.1, 0.15) is 31.1 Å². The van der Waals surface area contributed by atoms with Gasteiger partial charge >= 0.3 is 5.97 Å². The van der Waals surface area contributed by atoms with Gasteiger partial charge in [0.25, 0.3) is 11.8 Å². The van der Waals surface area contributed by atoms with Crippen molar-refractivity contribution < 1.29 is 24.0 Å². The number of ether oxygens (including phenoxy) is 1. The maximum Gasteiger partial charge on any atom is 0.367 e. The molecule has 0 atom stereocenters. The smallest absolute Gasteiger partial charge is 0.367 e. The number of imide groups is 1. The van der Waals surface area contributed by atoms with Gasteiger partial charge in [0.2, 0.25) is 0 Å². The summed E-state index contributed by atoms with van der Waals surface area (Å²) in [5.74, 6) is -1.91. The molecule has 0 N–H and O–H groups in total. The third-order valence-corrected chi connectivity index (χ3v) is 4.59. The molecule has 1 aliphatic rings. The Hall–Kier alpha value is -3.35. The number of nitrogens with zero attached hydrogens (tertiary/aromatic N) is 1. The third kappa shape index (κ3) is 3.68. The molecule has 2 amide bonds. The number of amides is 2. The SMILES string of the molecule is O=C(ON1C(=O)c2ccccc2C1=O)c1cc(Cl)ccc1Oc1cccc(Cl)c1. The predicted octanol–water partition coefficient (Wildman–Crippen LogP) is 5.15. The van der Waals surface area contributed by atoms with E-state index in [0.717, 1.165) is 0 Å². The number of halogens is 2. The van der Waals surface area contributed by atoms with Crippen molar-refractivity contribution in [3.63, 3.8) is 0 Å². The lowest BCUT2D eigenvalue weighted by atomic mass is 10.1. The lowest BCUT2D eigenvalue weighted by molar-refractivity contribution is -0.0586. The largest absolute Gasteiger partial charge is 0.456 e. The molecule has 1 heterocycles. The molecule has 0 radical (unpaired) electrons. The topological polar surface area (TPSA) is 72.9 Å². The van der Waals surface area contributed by atoms with Gasteiger partial charge in [-0.2, -0.15) is 0 Å². The van der Waals surface area contributed by atoms with Gasteiger partial charge in [-0.05, 0) is 48.5 Å². The molecule has 4 rings (SSSR count). The molecule has 0 unspecified atom stereocenters. The molecular weight excluding hydrogens is 417 g/mol. The Morgan fingerprint density at radius 2 is 1.45 bits per heavy atom. The van der Waals surface area contributed by atoms with E-state index in [1.165, 1.54) is 30.3 Å². The molecule has 6 nitrogen and oxygen atoms in total. The van der Waals surface area contributed by atoms with Gasteiger partial charge in [0.15, 0.2) is 0 Å². The molecule has 0 bridgehead atoms. The maximum atomic E-state index is 12.7. The lowest BCUT2D eigenvalue weighted by Crippen LogP contribution is -2.32. The van der Waals surface area contributed by atoms with Crippen LogP contribution in [0, 0.1) is 0 Å². The van der Waals surface area contributed by atoms with Gasteiger partial charge in [0, 0.05) is 10.0 Å². The quantitative estimate of drug-likeness (QED) is 0.538. The molecule has 0 saturated carbocycles. The van der Waals surface area contributed by atoms with Crippen LogP contribution in [0.3, 0.4) is 0 Å². The highest BCUT2D eigenvalue weighted by molar-refractivity contribution is 6.31. The minimum absolute atomic E-state index is 0.0611. The fourth-order valence-corrected chi connectivity index (χ4v) is 3.14. The van der Waals surface area contributed by atoms with Crippen molar-refractivity contribution in [2.75, 3.05) is 0 Å². The Balaban J connectivity index is 1.62. The summed E-state index contributed by atoms with van der Waals surface area (Å²) in [5, 5.41) is 1.13. The van der Waals surface area contributed by atoms with E-state index in [1.54, 1.807) is 36.4 Å². The molecule has 8 heteroatoms. The lowest BCUT2D eigenvalue weighted by Gasteiger charge is -2.15. The summed E-state index contributed by atoms with van der Waals surface area (Å²) in [7, 11) is 0. The molecule has 0 saturated heterocycles. The molecule has 3 aromatic carbocycles. The predicted molar refractivity (Wildman–Crippen MR) is 105 cm³/mol. The summed E-state index contributed by atoms with van der Waals surface area (Å²) in [6, 6.07) is 17.1. The van der Waals surface area contributed by atoms with E-state index in [2.05, 4.69) is 0 Å². The summed E-state index contributed by atoms with van der Waals surface area (Å²) in [5.41, 5.74) is 0.257. The molecule has 0 aromatic heterocycles. The van der Waals surface area contributed by atoms with Crippen molar-refractivity contribution in [2.45, 2.75) is 0 Å². The van der Waals surface area contributed by atoms with E-state index in [0.29, 0.717) is 15.8 Å². The maximum absolute atomic E-state index is 12.7. The normalized spacial score (nSPS) is 12.7.